The van der Waals surface area contributed by atoms with Crippen LogP contribution in [0.1, 0.15) is 95.3 Å². The molecule has 5 aliphatic rings. The number of rotatable bonds is 11. The number of carboxylic acid groups (broad SMARTS) is 1. The second-order valence-electron chi connectivity index (χ2n) is 16.7. The van der Waals surface area contributed by atoms with Gasteiger partial charge in [0, 0.05) is 5.41 Å². The predicted molar refractivity (Wildman–Crippen MR) is 198 cm³/mol. The number of carbonyl (C=O) groups excluding carboxylic acids is 2. The molecule has 2 aliphatic heterocycles. The van der Waals surface area contributed by atoms with E-state index in [1.165, 1.54) is 12.1 Å². The Hall–Kier alpha value is -4.70. The fourth-order valence-corrected chi connectivity index (χ4v) is 9.47. The van der Waals surface area contributed by atoms with E-state index in [1.807, 2.05) is 6.92 Å². The van der Waals surface area contributed by atoms with Crippen LogP contribution in [0.3, 0.4) is 0 Å². The maximum Gasteiger partial charge on any atom is 0.481 e. The van der Waals surface area contributed by atoms with Crippen LogP contribution in [0.25, 0.3) is 0 Å². The van der Waals surface area contributed by atoms with E-state index >= 15 is 0 Å². The number of ether oxygens (including phenoxy) is 1. The van der Waals surface area contributed by atoms with Gasteiger partial charge in [-0.05, 0) is 73.1 Å². The fraction of sp³-hybridized carbons (Fsp3) is 0.525. The monoisotopic (exact) mass is 778 g/mol. The molecule has 3 aliphatic carbocycles. The molecule has 12 nitrogen and oxygen atoms in total. The van der Waals surface area contributed by atoms with Gasteiger partial charge in [-0.3, -0.25) is 23.9 Å². The predicted octanol–water partition coefficient (Wildman–Crippen LogP) is 6.45. The first-order valence-corrected chi connectivity index (χ1v) is 19.0. The number of nitrogens with zero attached hydrogens (tertiary/aromatic N) is 3. The molecule has 0 radical (unpaired) electrons. The van der Waals surface area contributed by atoms with Crippen LogP contribution < -0.4 is 15.8 Å². The first-order chi connectivity index (χ1) is 26.4. The van der Waals surface area contributed by atoms with Gasteiger partial charge < -0.3 is 24.5 Å². The number of nitrogens with one attached hydrogen (secondary N) is 1. The molecule has 56 heavy (non-hydrogen) atoms. The molecule has 8 rings (SSSR count). The Bertz CT molecular complexity index is 2080. The van der Waals surface area contributed by atoms with Crippen molar-refractivity contribution in [1.29, 1.82) is 0 Å². The molecule has 7 atom stereocenters. The summed E-state index contributed by atoms with van der Waals surface area (Å²) in [5.74, 6) is -1.56. The Labute approximate surface area is 322 Å². The summed E-state index contributed by atoms with van der Waals surface area (Å²) in [6, 6.07) is 11.8. The lowest BCUT2D eigenvalue weighted by molar-refractivity contribution is -0.199. The molecular formula is C40H46BF3N4O8. The van der Waals surface area contributed by atoms with E-state index in [0.717, 1.165) is 40.6 Å². The van der Waals surface area contributed by atoms with E-state index in [0.29, 0.717) is 17.9 Å². The van der Waals surface area contributed by atoms with Crippen molar-refractivity contribution in [2.75, 3.05) is 4.90 Å². The van der Waals surface area contributed by atoms with Gasteiger partial charge in [-0.25, -0.2) is 9.78 Å². The Morgan fingerprint density at radius 2 is 1.80 bits per heavy atom. The average molecular weight is 779 g/mol. The number of alkyl halides is 3. The number of anilines is 1. The highest BCUT2D eigenvalue weighted by Crippen LogP contribution is 2.65. The molecule has 1 aromatic heterocycles. The average Bonchev–Trinajstić information content (AvgIpc) is 3.66. The van der Waals surface area contributed by atoms with Crippen LogP contribution in [-0.4, -0.2) is 57.4 Å². The summed E-state index contributed by atoms with van der Waals surface area (Å²) in [5, 5.41) is 12.9. The molecule has 4 fully saturated rings. The second kappa shape index (κ2) is 14.4. The summed E-state index contributed by atoms with van der Waals surface area (Å²) in [4.78, 5) is 60.3. The highest BCUT2D eigenvalue weighted by Gasteiger charge is 2.68. The minimum absolute atomic E-state index is 0.0208. The van der Waals surface area contributed by atoms with Gasteiger partial charge in [-0.1, -0.05) is 70.2 Å². The molecule has 3 saturated carbocycles. The topological polar surface area (TPSA) is 149 Å². The normalized spacial score (nSPS) is 27.8. The van der Waals surface area contributed by atoms with Gasteiger partial charge in [0.1, 0.15) is 24.2 Å². The number of aromatic nitrogens is 2. The van der Waals surface area contributed by atoms with Gasteiger partial charge in [-0.2, -0.15) is 13.2 Å². The third kappa shape index (κ3) is 6.99. The van der Waals surface area contributed by atoms with Gasteiger partial charge in [0.05, 0.1) is 42.4 Å². The zero-order valence-electron chi connectivity index (χ0n) is 32.0. The molecule has 2 N–H and O–H groups in total. The third-order valence-electron chi connectivity index (χ3n) is 12.7. The highest BCUT2D eigenvalue weighted by atomic mass is 19.4. The number of fused-ring (bicyclic) bond motifs is 1. The van der Waals surface area contributed by atoms with Crippen molar-refractivity contribution in [2.45, 2.75) is 115 Å². The standard InChI is InChI=1S/C40H46BF3N4O8/c1-6-31(41-55-30-17-26-16-29(37(26,2)3)39(30,5)56-41)46-33(51)27-18-38(4,19-32(49)50)35-45-20-28(34(52)48(27)35)47(36(53)54-22-23-11-8-7-9-12-23)21-24-13-10-14-25(15-24)40(42,43)44/h7-15,20,26-27,29-31H,6,16-19,21-22H2,1-5H3,(H,46,51)(H,49,50)/t26-,27-,29-,30+,31-,38+,39-/m0/s1. The van der Waals surface area contributed by atoms with Crippen molar-refractivity contribution < 1.29 is 46.7 Å². The molecule has 0 unspecified atom stereocenters. The Kier molecular flexibility index (Phi) is 10.1. The van der Waals surface area contributed by atoms with Crippen molar-refractivity contribution in [2.24, 2.45) is 17.3 Å². The molecule has 2 bridgehead atoms. The number of halogens is 3. The Balaban J connectivity index is 1.22. The largest absolute Gasteiger partial charge is 0.481 e. The van der Waals surface area contributed by atoms with E-state index in [4.69, 9.17) is 14.0 Å². The number of aliphatic carboxylic acids is 1. The van der Waals surface area contributed by atoms with Gasteiger partial charge in [-0.15, -0.1) is 0 Å². The zero-order valence-corrected chi connectivity index (χ0v) is 32.0. The van der Waals surface area contributed by atoms with Gasteiger partial charge in [0.15, 0.2) is 0 Å². The number of amides is 2. The van der Waals surface area contributed by atoms with Crippen molar-refractivity contribution >= 4 is 30.8 Å². The maximum absolute atomic E-state index is 14.6. The Morgan fingerprint density at radius 1 is 1.09 bits per heavy atom. The number of hydrogen-bond acceptors (Lipinski definition) is 8. The van der Waals surface area contributed by atoms with E-state index in [2.05, 4.69) is 31.1 Å². The lowest BCUT2D eigenvalue weighted by Gasteiger charge is -2.64. The summed E-state index contributed by atoms with van der Waals surface area (Å²) in [6.45, 7) is 9.33. The molecule has 1 saturated heterocycles. The summed E-state index contributed by atoms with van der Waals surface area (Å²) in [7, 11) is -0.760. The smallest absolute Gasteiger partial charge is 0.481 e. The number of carbonyl (C=O) groups is 3. The summed E-state index contributed by atoms with van der Waals surface area (Å²) in [5.41, 5.74) is -3.22. The van der Waals surface area contributed by atoms with Crippen molar-refractivity contribution in [1.82, 2.24) is 14.9 Å². The van der Waals surface area contributed by atoms with Crippen LogP contribution in [0.4, 0.5) is 23.7 Å². The molecule has 0 spiro atoms. The van der Waals surface area contributed by atoms with Crippen LogP contribution in [0.2, 0.25) is 0 Å². The summed E-state index contributed by atoms with van der Waals surface area (Å²) < 4.78 is 60.8. The molecular weight excluding hydrogens is 732 g/mol. The first kappa shape index (κ1) is 39.5. The van der Waals surface area contributed by atoms with Crippen LogP contribution in [-0.2, 0) is 48.4 Å². The molecule has 2 amide bonds. The third-order valence-corrected chi connectivity index (χ3v) is 12.7. The fourth-order valence-electron chi connectivity index (χ4n) is 9.47. The van der Waals surface area contributed by atoms with Crippen LogP contribution in [0.5, 0.6) is 0 Å². The van der Waals surface area contributed by atoms with E-state index in [-0.39, 0.29) is 47.5 Å². The second-order valence-corrected chi connectivity index (χ2v) is 16.7. The van der Waals surface area contributed by atoms with Crippen LogP contribution in [0.15, 0.2) is 65.6 Å². The van der Waals surface area contributed by atoms with Crippen molar-refractivity contribution in [3.05, 3.63) is 93.7 Å². The minimum atomic E-state index is -4.67. The van der Waals surface area contributed by atoms with Crippen LogP contribution >= 0.6 is 0 Å². The number of benzene rings is 2. The van der Waals surface area contributed by atoms with Crippen LogP contribution in [0, 0.1) is 17.3 Å². The van der Waals surface area contributed by atoms with Crippen molar-refractivity contribution in [3.8, 4) is 0 Å². The van der Waals surface area contributed by atoms with Gasteiger partial charge in [0.25, 0.3) is 5.56 Å². The number of hydrogen-bond donors (Lipinski definition) is 2. The summed E-state index contributed by atoms with van der Waals surface area (Å²) in [6.07, 6.45) is -3.03. The quantitative estimate of drug-likeness (QED) is 0.210. The lowest BCUT2D eigenvalue weighted by Crippen LogP contribution is -2.65. The molecule has 3 aromatic rings. The van der Waals surface area contributed by atoms with E-state index < -0.39 is 78.4 Å². The maximum atomic E-state index is 14.6. The Morgan fingerprint density at radius 3 is 2.46 bits per heavy atom. The number of carboxylic acids is 1. The molecule has 3 heterocycles. The highest BCUT2D eigenvalue weighted by molar-refractivity contribution is 6.47. The molecule has 2 aromatic carbocycles. The SMILES string of the molecule is CC[C@H](NC(=O)[C@@H]1C[C@](C)(CC(=O)O)c2ncc(N(Cc3cccc(C(F)(F)F)c3)C(=O)OCc3ccccc3)c(=O)n21)B1O[C@@H]2C[C@@H]3C[C@@H](C3(C)C)[C@]2(C)O1. The van der Waals surface area contributed by atoms with Gasteiger partial charge >= 0.3 is 25.4 Å². The van der Waals surface area contributed by atoms with E-state index in [9.17, 15) is 37.5 Å². The lowest BCUT2D eigenvalue weighted by atomic mass is 9.43. The van der Waals surface area contributed by atoms with Gasteiger partial charge in [0.2, 0.25) is 5.91 Å². The zero-order chi connectivity index (χ0) is 40.4. The summed E-state index contributed by atoms with van der Waals surface area (Å²) >= 11 is 0. The van der Waals surface area contributed by atoms with Crippen molar-refractivity contribution in [3.63, 3.8) is 0 Å². The van der Waals surface area contributed by atoms with E-state index in [1.54, 1.807) is 37.3 Å². The molecule has 298 valence electrons. The minimum Gasteiger partial charge on any atom is -0.481 e. The first-order valence-electron chi connectivity index (χ1n) is 19.0. The molecule has 16 heteroatoms.